The summed E-state index contributed by atoms with van der Waals surface area (Å²) in [6.45, 7) is 1.37. The minimum atomic E-state index is -4.63. The first-order chi connectivity index (χ1) is 13.9. The molecular weight excluding hydrogens is 453 g/mol. The third-order valence-electron chi connectivity index (χ3n) is 4.53. The average molecular weight is 468 g/mol. The maximum absolute atomic E-state index is 14.2. The third kappa shape index (κ3) is 4.41. The molecule has 1 saturated heterocycles. The van der Waals surface area contributed by atoms with Crippen molar-refractivity contribution in [1.29, 1.82) is 0 Å². The van der Waals surface area contributed by atoms with Gasteiger partial charge in [-0.15, -0.1) is 0 Å². The number of carbonyl (C=O) groups is 1. The monoisotopic (exact) mass is 467 g/mol. The summed E-state index contributed by atoms with van der Waals surface area (Å²) in [6.07, 6.45) is -4.63. The van der Waals surface area contributed by atoms with Crippen LogP contribution in [0, 0.1) is 18.6 Å². The van der Waals surface area contributed by atoms with Crippen molar-refractivity contribution in [2.75, 3.05) is 28.5 Å². The number of amides is 1. The quantitative estimate of drug-likeness (QED) is 0.507. The molecule has 0 spiro atoms. The van der Waals surface area contributed by atoms with Gasteiger partial charge in [0, 0.05) is 29.6 Å². The van der Waals surface area contributed by atoms with E-state index in [1.54, 1.807) is 0 Å². The van der Waals surface area contributed by atoms with Gasteiger partial charge in [0.1, 0.15) is 23.5 Å². The Kier molecular flexibility index (Phi) is 6.06. The number of alkyl halides is 3. The van der Waals surface area contributed by atoms with Gasteiger partial charge in [0.25, 0.3) is 5.91 Å². The molecule has 1 unspecified atom stereocenters. The molecule has 162 valence electrons. The fraction of sp³-hybridized carbons (Fsp3) is 0.333. The Morgan fingerprint density at radius 2 is 1.90 bits per heavy atom. The van der Waals surface area contributed by atoms with E-state index in [9.17, 15) is 31.0 Å². The second-order valence-corrected chi connectivity index (χ2v) is 8.57. The van der Waals surface area contributed by atoms with E-state index in [-0.39, 0.29) is 28.8 Å². The zero-order valence-electron chi connectivity index (χ0n) is 15.6. The van der Waals surface area contributed by atoms with Gasteiger partial charge in [-0.1, -0.05) is 11.6 Å². The number of hydrogen-bond donors (Lipinski definition) is 0. The van der Waals surface area contributed by atoms with Crippen molar-refractivity contribution < 1.29 is 31.0 Å². The van der Waals surface area contributed by atoms with Crippen LogP contribution in [0.2, 0.25) is 5.02 Å². The van der Waals surface area contributed by atoms with E-state index in [0.29, 0.717) is 6.07 Å². The number of hydrogen-bond acceptors (Lipinski definition) is 4. The van der Waals surface area contributed by atoms with E-state index in [4.69, 9.17) is 11.6 Å². The summed E-state index contributed by atoms with van der Waals surface area (Å²) in [6, 6.07) is 1.91. The van der Waals surface area contributed by atoms with Gasteiger partial charge >= 0.3 is 6.18 Å². The molecule has 12 heteroatoms. The van der Waals surface area contributed by atoms with Crippen LogP contribution in [-0.4, -0.2) is 39.8 Å². The van der Waals surface area contributed by atoms with Gasteiger partial charge in [0.15, 0.2) is 0 Å². The van der Waals surface area contributed by atoms with Crippen LogP contribution in [-0.2, 0) is 21.8 Å². The minimum Gasteiger partial charge on any atom is -0.332 e. The molecule has 0 aliphatic carbocycles. The summed E-state index contributed by atoms with van der Waals surface area (Å²) in [4.78, 5) is 19.1. The van der Waals surface area contributed by atoms with E-state index in [2.05, 4.69) is 4.98 Å². The second kappa shape index (κ2) is 8.10. The summed E-state index contributed by atoms with van der Waals surface area (Å²) in [5.74, 6) is -3.38. The van der Waals surface area contributed by atoms with Crippen molar-refractivity contribution in [2.24, 2.45) is 0 Å². The molecule has 2 aromatic rings. The van der Waals surface area contributed by atoms with Gasteiger partial charge in [0.2, 0.25) is 0 Å². The van der Waals surface area contributed by atoms with E-state index >= 15 is 0 Å². The maximum Gasteiger partial charge on any atom is 0.416 e. The van der Waals surface area contributed by atoms with Gasteiger partial charge in [-0.05, 0) is 25.1 Å². The molecule has 30 heavy (non-hydrogen) atoms. The molecule has 2 atom stereocenters. The van der Waals surface area contributed by atoms with Gasteiger partial charge in [-0.3, -0.25) is 9.00 Å². The largest absolute Gasteiger partial charge is 0.416 e. The summed E-state index contributed by atoms with van der Waals surface area (Å²) >= 11 is 5.66. The SMILES string of the molecule is Cc1cc(C(F)(F)F)cc(N2CS(=O)C[C@H]2C(=O)N(C)c2cc(Cl)c(F)cc2F)n1. The van der Waals surface area contributed by atoms with Crippen LogP contribution >= 0.6 is 11.6 Å². The Labute approximate surface area is 175 Å². The molecule has 2 heterocycles. The zero-order chi connectivity index (χ0) is 22.4. The molecule has 0 saturated carbocycles. The molecule has 1 amide bonds. The smallest absolute Gasteiger partial charge is 0.332 e. The number of nitrogens with zero attached hydrogens (tertiary/aromatic N) is 3. The minimum absolute atomic E-state index is 0.0634. The maximum atomic E-state index is 14.2. The third-order valence-corrected chi connectivity index (χ3v) is 6.07. The van der Waals surface area contributed by atoms with Crippen LogP contribution in [0.3, 0.4) is 0 Å². The Bertz CT molecular complexity index is 1030. The highest BCUT2D eigenvalue weighted by molar-refractivity contribution is 7.85. The number of rotatable bonds is 3. The molecule has 1 aliphatic heterocycles. The highest BCUT2D eigenvalue weighted by atomic mass is 35.5. The average Bonchev–Trinajstić information content (AvgIpc) is 3.04. The molecule has 3 rings (SSSR count). The lowest BCUT2D eigenvalue weighted by Crippen LogP contribution is -2.46. The molecule has 0 radical (unpaired) electrons. The number of pyridine rings is 1. The standard InChI is InChI=1S/C18H15ClF5N3O2S/c1-9-3-10(18(22,23)24)4-16(25-9)27-8-30(29)7-15(27)17(28)26(2)14-5-11(19)12(20)6-13(14)21/h3-6,15H,7-8H2,1-2H3/t15-,30?/m0/s1. The van der Waals surface area contributed by atoms with E-state index in [0.717, 1.165) is 23.1 Å². The van der Waals surface area contributed by atoms with Crippen LogP contribution in [0.4, 0.5) is 33.5 Å². The first kappa shape index (κ1) is 22.4. The lowest BCUT2D eigenvalue weighted by molar-refractivity contribution is -0.137. The van der Waals surface area contributed by atoms with Crippen LogP contribution in [0.25, 0.3) is 0 Å². The van der Waals surface area contributed by atoms with E-state index < -0.39 is 51.1 Å². The van der Waals surface area contributed by atoms with Crippen molar-refractivity contribution in [3.63, 3.8) is 0 Å². The number of aromatic nitrogens is 1. The Morgan fingerprint density at radius 1 is 1.23 bits per heavy atom. The summed E-state index contributed by atoms with van der Waals surface area (Å²) in [5, 5.41) is -0.409. The van der Waals surface area contributed by atoms with E-state index in [1.807, 2.05) is 0 Å². The van der Waals surface area contributed by atoms with Gasteiger partial charge < -0.3 is 9.80 Å². The summed E-state index contributed by atoms with van der Waals surface area (Å²) in [5.41, 5.74) is -1.22. The Morgan fingerprint density at radius 3 is 2.53 bits per heavy atom. The molecule has 1 aromatic heterocycles. The Hall–Kier alpha value is -2.27. The van der Waals surface area contributed by atoms with Crippen molar-refractivity contribution >= 4 is 39.8 Å². The van der Waals surface area contributed by atoms with Gasteiger partial charge in [-0.2, -0.15) is 13.2 Å². The van der Waals surface area contributed by atoms with Crippen molar-refractivity contribution in [1.82, 2.24) is 4.98 Å². The van der Waals surface area contributed by atoms with Crippen LogP contribution in [0.15, 0.2) is 24.3 Å². The molecule has 1 aromatic carbocycles. The highest BCUT2D eigenvalue weighted by Gasteiger charge is 2.40. The fourth-order valence-corrected chi connectivity index (χ4v) is 4.63. The van der Waals surface area contributed by atoms with Crippen molar-refractivity contribution in [2.45, 2.75) is 19.1 Å². The Balaban J connectivity index is 1.97. The number of carbonyl (C=O) groups excluding carboxylic acids is 1. The number of benzene rings is 1. The van der Waals surface area contributed by atoms with Crippen LogP contribution < -0.4 is 9.80 Å². The number of aryl methyl sites for hydroxylation is 1. The number of likely N-dealkylation sites (N-methyl/N-ethyl adjacent to an activating group) is 1. The molecule has 5 nitrogen and oxygen atoms in total. The fourth-order valence-electron chi connectivity index (χ4n) is 3.07. The highest BCUT2D eigenvalue weighted by Crippen LogP contribution is 2.34. The predicted octanol–water partition coefficient (Wildman–Crippen LogP) is 3.90. The van der Waals surface area contributed by atoms with Crippen LogP contribution in [0.1, 0.15) is 11.3 Å². The summed E-state index contributed by atoms with van der Waals surface area (Å²) < 4.78 is 79.2. The van der Waals surface area contributed by atoms with Gasteiger partial charge in [0.05, 0.1) is 27.9 Å². The first-order valence-corrected chi connectivity index (χ1v) is 10.3. The number of halogens is 6. The molecule has 0 N–H and O–H groups in total. The summed E-state index contributed by atoms with van der Waals surface area (Å²) in [7, 11) is -0.340. The van der Waals surface area contributed by atoms with Crippen LogP contribution in [0.5, 0.6) is 0 Å². The topological polar surface area (TPSA) is 53.5 Å². The zero-order valence-corrected chi connectivity index (χ0v) is 17.2. The molecule has 1 fully saturated rings. The lowest BCUT2D eigenvalue weighted by atomic mass is 10.2. The molecular formula is C18H15ClF5N3O2S. The predicted molar refractivity (Wildman–Crippen MR) is 103 cm³/mol. The normalized spacial score (nSPS) is 19.3. The van der Waals surface area contributed by atoms with E-state index in [1.165, 1.54) is 18.9 Å². The van der Waals surface area contributed by atoms with Crippen molar-refractivity contribution in [3.05, 3.63) is 52.2 Å². The van der Waals surface area contributed by atoms with Gasteiger partial charge in [-0.25, -0.2) is 13.8 Å². The lowest BCUT2D eigenvalue weighted by Gasteiger charge is -2.28. The molecule has 0 bridgehead atoms. The first-order valence-electron chi connectivity index (χ1n) is 8.48. The second-order valence-electron chi connectivity index (χ2n) is 6.69. The molecule has 1 aliphatic rings. The number of anilines is 2. The van der Waals surface area contributed by atoms with Crippen molar-refractivity contribution in [3.8, 4) is 0 Å².